The van der Waals surface area contributed by atoms with Crippen LogP contribution < -0.4 is 0 Å². The molecule has 0 aliphatic carbocycles. The molecule has 12 heteroatoms. The molecule has 3 aromatic heterocycles. The summed E-state index contributed by atoms with van der Waals surface area (Å²) in [5.41, 5.74) is -4.39. The summed E-state index contributed by atoms with van der Waals surface area (Å²) in [6.07, 6.45) is 3.65. The maximum absolute atomic E-state index is 12.6. The van der Waals surface area contributed by atoms with Crippen molar-refractivity contribution in [2.24, 2.45) is 0 Å². The largest absolute Gasteiger partial charge is 0.506 e. The second kappa shape index (κ2) is 6.76. The Bertz CT molecular complexity index is 1040. The molecule has 3 heterocycles. The highest BCUT2D eigenvalue weighted by atomic mass is 32.2. The molecular formula is C14H11F3N4O3S2. The summed E-state index contributed by atoms with van der Waals surface area (Å²) >= 11 is 0. The quantitative estimate of drug-likeness (QED) is 0.670. The first-order chi connectivity index (χ1) is 12.2. The highest BCUT2D eigenvalue weighted by molar-refractivity contribution is 7.85. The van der Waals surface area contributed by atoms with Crippen molar-refractivity contribution in [1.29, 1.82) is 0 Å². The number of imidazole rings is 1. The van der Waals surface area contributed by atoms with Crippen LogP contribution >= 0.6 is 0 Å². The molecule has 0 saturated carbocycles. The van der Waals surface area contributed by atoms with Gasteiger partial charge in [-0.3, -0.25) is 8.61 Å². The minimum atomic E-state index is -4.93. The summed E-state index contributed by atoms with van der Waals surface area (Å²) in [4.78, 5) is 12.0. The first-order valence-electron chi connectivity index (χ1n) is 7.11. The van der Waals surface area contributed by atoms with Crippen molar-refractivity contribution in [3.8, 4) is 17.1 Å². The maximum Gasteiger partial charge on any atom is 0.477 e. The maximum atomic E-state index is 12.6. The lowest BCUT2D eigenvalue weighted by atomic mass is 10.3. The SMILES string of the molecule is CCS(=O)c1cc(O)cnc1-c1cn2cnc(S(=O)C(F)(F)F)cc2n1. The number of nitrogens with zero attached hydrogens (tertiary/aromatic N) is 4. The molecule has 3 aromatic rings. The molecule has 3 rings (SSSR count). The lowest BCUT2D eigenvalue weighted by molar-refractivity contribution is -0.0386. The van der Waals surface area contributed by atoms with Crippen LogP contribution in [0.2, 0.25) is 0 Å². The van der Waals surface area contributed by atoms with Gasteiger partial charge in [0, 0.05) is 18.0 Å². The van der Waals surface area contributed by atoms with Crippen LogP contribution in [0.4, 0.5) is 13.2 Å². The number of pyridine rings is 1. The van der Waals surface area contributed by atoms with Gasteiger partial charge in [0.05, 0.1) is 21.9 Å². The smallest absolute Gasteiger partial charge is 0.477 e. The second-order valence-corrected chi connectivity index (χ2v) is 8.13. The monoisotopic (exact) mass is 404 g/mol. The van der Waals surface area contributed by atoms with Gasteiger partial charge in [0.1, 0.15) is 34.1 Å². The van der Waals surface area contributed by atoms with Crippen LogP contribution in [0.15, 0.2) is 40.8 Å². The molecule has 0 bridgehead atoms. The van der Waals surface area contributed by atoms with Gasteiger partial charge in [0.15, 0.2) is 10.8 Å². The zero-order valence-electron chi connectivity index (χ0n) is 13.1. The summed E-state index contributed by atoms with van der Waals surface area (Å²) in [6.45, 7) is 1.69. The molecule has 0 aliphatic rings. The summed E-state index contributed by atoms with van der Waals surface area (Å²) in [6, 6.07) is 2.26. The number of halogens is 3. The number of aromatic hydroxyl groups is 1. The Morgan fingerprint density at radius 2 is 1.96 bits per heavy atom. The van der Waals surface area contributed by atoms with E-state index < -0.39 is 32.1 Å². The third kappa shape index (κ3) is 3.46. The minimum Gasteiger partial charge on any atom is -0.506 e. The van der Waals surface area contributed by atoms with E-state index in [9.17, 15) is 26.7 Å². The van der Waals surface area contributed by atoms with Gasteiger partial charge in [-0.1, -0.05) is 6.92 Å². The molecule has 7 nitrogen and oxygen atoms in total. The molecule has 1 N–H and O–H groups in total. The zero-order valence-corrected chi connectivity index (χ0v) is 14.7. The van der Waals surface area contributed by atoms with Crippen molar-refractivity contribution in [2.75, 3.05) is 5.75 Å². The Morgan fingerprint density at radius 1 is 1.23 bits per heavy atom. The van der Waals surface area contributed by atoms with E-state index in [0.29, 0.717) is 0 Å². The van der Waals surface area contributed by atoms with Gasteiger partial charge in [-0.2, -0.15) is 13.2 Å². The fourth-order valence-corrected chi connectivity index (χ4v) is 3.69. The van der Waals surface area contributed by atoms with Crippen molar-refractivity contribution < 1.29 is 26.7 Å². The molecule has 2 unspecified atom stereocenters. The van der Waals surface area contributed by atoms with Crippen molar-refractivity contribution in [2.45, 2.75) is 22.4 Å². The highest BCUT2D eigenvalue weighted by Crippen LogP contribution is 2.28. The van der Waals surface area contributed by atoms with Gasteiger partial charge in [-0.15, -0.1) is 0 Å². The minimum absolute atomic E-state index is 0.0747. The lowest BCUT2D eigenvalue weighted by Gasteiger charge is -2.05. The topological polar surface area (TPSA) is 97.5 Å². The zero-order chi connectivity index (χ0) is 19.1. The first kappa shape index (κ1) is 18.5. The first-order valence-corrected chi connectivity index (χ1v) is 9.58. The molecule has 0 amide bonds. The third-order valence-corrected chi connectivity index (χ3v) is 5.66. The molecule has 0 radical (unpaired) electrons. The van der Waals surface area contributed by atoms with E-state index in [1.807, 2.05) is 0 Å². The second-order valence-electron chi connectivity index (χ2n) is 5.01. The molecule has 0 saturated heterocycles. The Morgan fingerprint density at radius 3 is 2.62 bits per heavy atom. The number of alkyl halides is 3. The summed E-state index contributed by atoms with van der Waals surface area (Å²) in [5.74, 6) is 0.112. The Hall–Kier alpha value is -2.34. The van der Waals surface area contributed by atoms with Crippen LogP contribution in [0.1, 0.15) is 6.92 Å². The lowest BCUT2D eigenvalue weighted by Crippen LogP contribution is -2.17. The summed E-state index contributed by atoms with van der Waals surface area (Å²) in [5, 5.41) is 8.90. The number of fused-ring (bicyclic) bond motifs is 1. The van der Waals surface area contributed by atoms with Crippen LogP contribution in [-0.4, -0.2) is 44.1 Å². The van der Waals surface area contributed by atoms with Gasteiger partial charge in [0.25, 0.3) is 0 Å². The standard InChI is InChI=1S/C14H11F3N4O3S2/c1-2-25(23)10-3-8(22)5-18-13(10)9-6-21-7-19-12(4-11(21)20-9)26(24)14(15,16)17/h3-7,22H,2H2,1H3. The fraction of sp³-hybridized carbons (Fsp3) is 0.214. The summed E-state index contributed by atoms with van der Waals surface area (Å²) in [7, 11) is -4.71. The predicted molar refractivity (Wildman–Crippen MR) is 87.3 cm³/mol. The Labute approximate surface area is 149 Å². The van der Waals surface area contributed by atoms with Crippen molar-refractivity contribution in [1.82, 2.24) is 19.4 Å². The highest BCUT2D eigenvalue weighted by Gasteiger charge is 2.39. The third-order valence-electron chi connectivity index (χ3n) is 3.31. The average Bonchev–Trinajstić information content (AvgIpc) is 3.02. The van der Waals surface area contributed by atoms with Gasteiger partial charge >= 0.3 is 5.51 Å². The number of hydrogen-bond donors (Lipinski definition) is 1. The van der Waals surface area contributed by atoms with Crippen LogP contribution in [0.25, 0.3) is 17.0 Å². The number of hydrogen-bond acceptors (Lipinski definition) is 6. The van der Waals surface area contributed by atoms with Gasteiger partial charge in [-0.05, 0) is 6.07 Å². The van der Waals surface area contributed by atoms with E-state index in [0.717, 1.165) is 18.6 Å². The van der Waals surface area contributed by atoms with Crippen LogP contribution in [0.3, 0.4) is 0 Å². The van der Waals surface area contributed by atoms with Gasteiger partial charge < -0.3 is 5.11 Å². The Balaban J connectivity index is 2.11. The predicted octanol–water partition coefficient (Wildman–Crippen LogP) is 2.25. The van der Waals surface area contributed by atoms with E-state index >= 15 is 0 Å². The molecule has 0 fully saturated rings. The van der Waals surface area contributed by atoms with Crippen molar-refractivity contribution in [3.63, 3.8) is 0 Å². The molecular weight excluding hydrogens is 393 g/mol. The van der Waals surface area contributed by atoms with E-state index in [1.165, 1.54) is 16.7 Å². The van der Waals surface area contributed by atoms with Crippen molar-refractivity contribution >= 4 is 27.2 Å². The van der Waals surface area contributed by atoms with E-state index in [1.54, 1.807) is 6.92 Å². The fourth-order valence-electron chi connectivity index (χ4n) is 2.16. The van der Waals surface area contributed by atoms with Crippen LogP contribution in [0, 0.1) is 0 Å². The van der Waals surface area contributed by atoms with E-state index in [2.05, 4.69) is 15.0 Å². The van der Waals surface area contributed by atoms with E-state index in [4.69, 9.17) is 0 Å². The average molecular weight is 404 g/mol. The number of rotatable bonds is 4. The Kier molecular flexibility index (Phi) is 4.80. The molecule has 2 atom stereocenters. The van der Waals surface area contributed by atoms with Crippen LogP contribution in [-0.2, 0) is 21.6 Å². The molecule has 26 heavy (non-hydrogen) atoms. The summed E-state index contributed by atoms with van der Waals surface area (Å²) < 4.78 is 62.7. The molecule has 0 spiro atoms. The van der Waals surface area contributed by atoms with Gasteiger partial charge in [-0.25, -0.2) is 19.2 Å². The van der Waals surface area contributed by atoms with Crippen molar-refractivity contribution in [3.05, 3.63) is 30.9 Å². The number of aromatic nitrogens is 4. The van der Waals surface area contributed by atoms with Crippen LogP contribution in [0.5, 0.6) is 5.75 Å². The van der Waals surface area contributed by atoms with E-state index in [-0.39, 0.29) is 33.4 Å². The van der Waals surface area contributed by atoms with Gasteiger partial charge in [0.2, 0.25) is 0 Å². The normalized spacial score (nSPS) is 14.5. The molecule has 138 valence electrons. The molecule has 0 aliphatic heterocycles. The molecule has 0 aromatic carbocycles.